The van der Waals surface area contributed by atoms with Crippen molar-refractivity contribution in [2.24, 2.45) is 0 Å². The SMILES string of the molecule is Cc1nc(S(C)(=O)=O)ccc1O[C@H]1CC[C@H](OC2CCN(C(O)=S)CC2)CC1. The Hall–Kier alpha value is -1.45. The highest BCUT2D eigenvalue weighted by atomic mass is 32.2. The van der Waals surface area contributed by atoms with Gasteiger partial charge in [0.2, 0.25) is 0 Å². The molecule has 28 heavy (non-hydrogen) atoms. The van der Waals surface area contributed by atoms with Gasteiger partial charge in [0.25, 0.3) is 5.17 Å². The average Bonchev–Trinajstić information content (AvgIpc) is 2.64. The van der Waals surface area contributed by atoms with E-state index in [1.54, 1.807) is 13.0 Å². The topological polar surface area (TPSA) is 89.0 Å². The van der Waals surface area contributed by atoms with E-state index < -0.39 is 9.84 Å². The smallest absolute Gasteiger partial charge is 0.256 e. The predicted molar refractivity (Wildman–Crippen MR) is 110 cm³/mol. The number of ether oxygens (including phenoxy) is 2. The summed E-state index contributed by atoms with van der Waals surface area (Å²) in [6.07, 6.45) is 7.16. The van der Waals surface area contributed by atoms with Crippen LogP contribution in [-0.4, -0.2) is 66.2 Å². The molecule has 0 spiro atoms. The second-order valence-corrected chi connectivity index (χ2v) is 9.95. The highest BCUT2D eigenvalue weighted by molar-refractivity contribution is 7.90. The number of nitrogens with zero attached hydrogens (tertiary/aromatic N) is 2. The first-order valence-corrected chi connectivity index (χ1v) is 12.0. The Morgan fingerprint density at radius 1 is 1.11 bits per heavy atom. The minimum atomic E-state index is -3.31. The number of aromatic nitrogens is 1. The van der Waals surface area contributed by atoms with Crippen molar-refractivity contribution < 1.29 is 23.0 Å². The lowest BCUT2D eigenvalue weighted by Gasteiger charge is -2.36. The monoisotopic (exact) mass is 428 g/mol. The number of sulfone groups is 1. The molecule has 0 radical (unpaired) electrons. The Bertz CT molecular complexity index is 799. The summed E-state index contributed by atoms with van der Waals surface area (Å²) in [7, 11) is -3.31. The summed E-state index contributed by atoms with van der Waals surface area (Å²) in [6.45, 7) is 3.26. The first kappa shape index (κ1) is 21.3. The molecule has 0 bridgehead atoms. The molecule has 0 amide bonds. The van der Waals surface area contributed by atoms with E-state index in [9.17, 15) is 13.5 Å². The Kier molecular flexibility index (Phi) is 6.77. The number of aliphatic hydroxyl groups is 1. The van der Waals surface area contributed by atoms with Gasteiger partial charge in [0.1, 0.15) is 5.75 Å². The van der Waals surface area contributed by atoms with E-state index in [0.717, 1.165) is 57.9 Å². The molecule has 1 aliphatic heterocycles. The summed E-state index contributed by atoms with van der Waals surface area (Å²) in [5.74, 6) is 0.643. The number of likely N-dealkylation sites (tertiary alicyclic amines) is 1. The van der Waals surface area contributed by atoms with Crippen LogP contribution in [0.1, 0.15) is 44.2 Å². The number of aliphatic hydroxyl groups excluding tert-OH is 1. The summed E-state index contributed by atoms with van der Waals surface area (Å²) in [5.41, 5.74) is 0.592. The summed E-state index contributed by atoms with van der Waals surface area (Å²) < 4.78 is 35.5. The van der Waals surface area contributed by atoms with E-state index in [2.05, 4.69) is 4.98 Å². The van der Waals surface area contributed by atoms with Crippen LogP contribution in [0.25, 0.3) is 0 Å². The van der Waals surface area contributed by atoms with Crippen molar-refractivity contribution in [2.45, 2.75) is 68.8 Å². The Labute approximate surface area is 172 Å². The average molecular weight is 429 g/mol. The molecule has 1 aromatic heterocycles. The van der Waals surface area contributed by atoms with Crippen LogP contribution in [0.2, 0.25) is 0 Å². The number of hydrogen-bond acceptors (Lipinski definition) is 6. The molecule has 0 aromatic carbocycles. The standard InChI is InChI=1S/C19H28N2O5S2/c1-13-17(7-8-18(20-13)28(2,23)24)26-15-5-3-14(4-6-15)25-16-9-11-21(12-10-16)19(22)27/h7-8,14-16H,3-6,9-12H2,1-2H3,(H,22,27)/t14-,15-. The number of thiocarbonyl (C=S) groups is 1. The van der Waals surface area contributed by atoms with Crippen LogP contribution in [0, 0.1) is 6.92 Å². The van der Waals surface area contributed by atoms with Gasteiger partial charge in [-0.3, -0.25) is 0 Å². The van der Waals surface area contributed by atoms with Gasteiger partial charge in [0.05, 0.1) is 24.0 Å². The van der Waals surface area contributed by atoms with Crippen molar-refractivity contribution in [1.29, 1.82) is 0 Å². The van der Waals surface area contributed by atoms with E-state index in [0.29, 0.717) is 11.4 Å². The van der Waals surface area contributed by atoms with Gasteiger partial charge >= 0.3 is 0 Å². The zero-order chi connectivity index (χ0) is 20.3. The van der Waals surface area contributed by atoms with Crippen LogP contribution in [0.3, 0.4) is 0 Å². The number of pyridine rings is 1. The van der Waals surface area contributed by atoms with Crippen molar-refractivity contribution in [1.82, 2.24) is 9.88 Å². The second kappa shape index (κ2) is 8.92. The fourth-order valence-electron chi connectivity index (χ4n) is 3.78. The summed E-state index contributed by atoms with van der Waals surface area (Å²) in [6, 6.07) is 3.19. The van der Waals surface area contributed by atoms with E-state index >= 15 is 0 Å². The second-order valence-electron chi connectivity index (χ2n) is 7.63. The molecule has 1 N–H and O–H groups in total. The third-order valence-electron chi connectivity index (χ3n) is 5.40. The number of hydrogen-bond donors (Lipinski definition) is 1. The fourth-order valence-corrected chi connectivity index (χ4v) is 4.58. The molecular formula is C19H28N2O5S2. The predicted octanol–water partition coefficient (Wildman–Crippen LogP) is 2.81. The highest BCUT2D eigenvalue weighted by Crippen LogP contribution is 2.29. The molecule has 1 saturated heterocycles. The Balaban J connectivity index is 1.45. The zero-order valence-corrected chi connectivity index (χ0v) is 18.0. The minimum absolute atomic E-state index is 0.0227. The molecule has 1 aromatic rings. The maximum atomic E-state index is 11.6. The molecule has 1 saturated carbocycles. The molecular weight excluding hydrogens is 400 g/mol. The third-order valence-corrected chi connectivity index (χ3v) is 6.65. The maximum absolute atomic E-state index is 11.6. The molecule has 1 aliphatic carbocycles. The van der Waals surface area contributed by atoms with Crippen molar-refractivity contribution in [3.63, 3.8) is 0 Å². The summed E-state index contributed by atoms with van der Waals surface area (Å²) in [4.78, 5) is 5.96. The quantitative estimate of drug-likeness (QED) is 0.716. The van der Waals surface area contributed by atoms with Gasteiger partial charge in [0.15, 0.2) is 14.9 Å². The third kappa shape index (κ3) is 5.55. The minimum Gasteiger partial charge on any atom is -0.489 e. The molecule has 2 heterocycles. The molecule has 2 aliphatic rings. The van der Waals surface area contributed by atoms with Crippen molar-refractivity contribution in [2.75, 3.05) is 19.3 Å². The number of piperidine rings is 1. The summed E-state index contributed by atoms with van der Waals surface area (Å²) in [5, 5.41) is 9.43. The maximum Gasteiger partial charge on any atom is 0.256 e. The van der Waals surface area contributed by atoms with Crippen molar-refractivity contribution in [3.05, 3.63) is 17.8 Å². The van der Waals surface area contributed by atoms with E-state index in [1.807, 2.05) is 4.90 Å². The van der Waals surface area contributed by atoms with Crippen LogP contribution in [0.4, 0.5) is 0 Å². The molecule has 2 fully saturated rings. The van der Waals surface area contributed by atoms with E-state index in [1.165, 1.54) is 6.07 Å². The largest absolute Gasteiger partial charge is 0.489 e. The molecule has 0 unspecified atom stereocenters. The number of aryl methyl sites for hydroxylation is 1. The van der Waals surface area contributed by atoms with Crippen LogP contribution in [-0.2, 0) is 14.6 Å². The lowest BCUT2D eigenvalue weighted by atomic mass is 9.94. The van der Waals surface area contributed by atoms with Gasteiger partial charge < -0.3 is 19.5 Å². The first-order valence-electron chi connectivity index (χ1n) is 9.70. The van der Waals surface area contributed by atoms with Crippen molar-refractivity contribution >= 4 is 27.2 Å². The zero-order valence-electron chi connectivity index (χ0n) is 16.3. The van der Waals surface area contributed by atoms with Gasteiger partial charge in [-0.1, -0.05) is 0 Å². The first-order chi connectivity index (χ1) is 13.2. The van der Waals surface area contributed by atoms with E-state index in [4.69, 9.17) is 21.7 Å². The highest BCUT2D eigenvalue weighted by Gasteiger charge is 2.28. The molecule has 3 rings (SSSR count). The van der Waals surface area contributed by atoms with Crippen LogP contribution in [0.15, 0.2) is 17.2 Å². The van der Waals surface area contributed by atoms with Gasteiger partial charge in [-0.2, -0.15) is 0 Å². The normalized spacial score (nSPS) is 24.1. The van der Waals surface area contributed by atoms with Gasteiger partial charge in [-0.25, -0.2) is 13.4 Å². The van der Waals surface area contributed by atoms with Gasteiger partial charge in [0, 0.05) is 19.3 Å². The summed E-state index contributed by atoms with van der Waals surface area (Å²) >= 11 is 4.81. The molecule has 156 valence electrons. The molecule has 9 heteroatoms. The van der Waals surface area contributed by atoms with Crippen LogP contribution < -0.4 is 4.74 Å². The lowest BCUT2D eigenvalue weighted by Crippen LogP contribution is -2.41. The van der Waals surface area contributed by atoms with Crippen LogP contribution in [0.5, 0.6) is 5.75 Å². The van der Waals surface area contributed by atoms with Gasteiger partial charge in [-0.15, -0.1) is 0 Å². The fraction of sp³-hybridized carbons (Fsp3) is 0.684. The number of rotatable bonds is 5. The van der Waals surface area contributed by atoms with Gasteiger partial charge in [-0.05, 0) is 69.8 Å². The Morgan fingerprint density at radius 3 is 2.21 bits per heavy atom. The molecule has 7 nitrogen and oxygen atoms in total. The molecule has 0 atom stereocenters. The van der Waals surface area contributed by atoms with E-state index in [-0.39, 0.29) is 28.5 Å². The van der Waals surface area contributed by atoms with Crippen molar-refractivity contribution in [3.8, 4) is 5.75 Å². The lowest BCUT2D eigenvalue weighted by molar-refractivity contribution is -0.0620. The Morgan fingerprint density at radius 2 is 1.68 bits per heavy atom. The van der Waals surface area contributed by atoms with Crippen LogP contribution >= 0.6 is 12.2 Å².